The zero-order valence-corrected chi connectivity index (χ0v) is 14.4. The third kappa shape index (κ3) is 3.04. The fourth-order valence-electron chi connectivity index (χ4n) is 3.13. The van der Waals surface area contributed by atoms with E-state index < -0.39 is 5.41 Å². The molecule has 1 amide bonds. The maximum absolute atomic E-state index is 13.0. The van der Waals surface area contributed by atoms with E-state index in [-0.39, 0.29) is 5.91 Å². The van der Waals surface area contributed by atoms with Gasteiger partial charge in [0.15, 0.2) is 0 Å². The number of pyridine rings is 1. The number of benzene rings is 1. The van der Waals surface area contributed by atoms with E-state index in [1.807, 2.05) is 62.3 Å². The second kappa shape index (κ2) is 6.48. The van der Waals surface area contributed by atoms with Crippen molar-refractivity contribution in [2.45, 2.75) is 25.7 Å². The number of H-pyrrole nitrogens is 1. The molecule has 0 aliphatic rings. The van der Waals surface area contributed by atoms with E-state index in [0.29, 0.717) is 6.54 Å². The molecule has 0 aliphatic carbocycles. The number of nitrogens with one attached hydrogen (secondary N) is 1. The second-order valence-electron chi connectivity index (χ2n) is 6.71. The van der Waals surface area contributed by atoms with E-state index in [2.05, 4.69) is 16.0 Å². The van der Waals surface area contributed by atoms with Crippen molar-refractivity contribution >= 4 is 16.8 Å². The first-order chi connectivity index (χ1) is 11.5. The van der Waals surface area contributed by atoms with Crippen LogP contribution in [-0.2, 0) is 16.6 Å². The van der Waals surface area contributed by atoms with Gasteiger partial charge >= 0.3 is 0 Å². The Morgan fingerprint density at radius 1 is 1.17 bits per heavy atom. The molecule has 1 aromatic carbocycles. The second-order valence-corrected chi connectivity index (χ2v) is 6.71. The third-order valence-corrected chi connectivity index (χ3v) is 4.63. The lowest BCUT2D eigenvalue weighted by molar-refractivity contribution is -0.134. The van der Waals surface area contributed by atoms with Gasteiger partial charge in [0, 0.05) is 43.1 Å². The summed E-state index contributed by atoms with van der Waals surface area (Å²) in [5.74, 6) is 0.126. The Bertz CT molecular complexity index is 836. The molecule has 124 valence electrons. The molecule has 4 heteroatoms. The van der Waals surface area contributed by atoms with Crippen molar-refractivity contribution in [3.8, 4) is 0 Å². The molecule has 4 nitrogen and oxygen atoms in total. The molecule has 0 saturated carbocycles. The lowest BCUT2D eigenvalue weighted by Crippen LogP contribution is -2.42. The van der Waals surface area contributed by atoms with E-state index in [4.69, 9.17) is 0 Å². The number of aromatic nitrogens is 2. The predicted octanol–water partition coefficient (Wildman–Crippen LogP) is 3.54. The monoisotopic (exact) mass is 321 g/mol. The van der Waals surface area contributed by atoms with Crippen LogP contribution in [0.5, 0.6) is 0 Å². The van der Waals surface area contributed by atoms with Crippen molar-refractivity contribution in [3.63, 3.8) is 0 Å². The molecule has 0 atom stereocenters. The van der Waals surface area contributed by atoms with E-state index in [9.17, 15) is 4.79 Å². The minimum Gasteiger partial charge on any atom is -0.361 e. The number of likely N-dealkylation sites (N-methyl/N-ethyl adjacent to an activating group) is 1. The molecule has 0 spiro atoms. The van der Waals surface area contributed by atoms with Gasteiger partial charge in [-0.15, -0.1) is 0 Å². The number of amides is 1. The first kappa shape index (κ1) is 16.2. The molecule has 0 aliphatic heterocycles. The van der Waals surface area contributed by atoms with Gasteiger partial charge in [-0.3, -0.25) is 9.78 Å². The predicted molar refractivity (Wildman–Crippen MR) is 96.9 cm³/mol. The van der Waals surface area contributed by atoms with Crippen LogP contribution >= 0.6 is 0 Å². The summed E-state index contributed by atoms with van der Waals surface area (Å²) in [6, 6.07) is 12.1. The SMILES string of the molecule is CN(CCc1ccncc1)C(=O)C(C)(C)c1c[nH]c2ccccc12. The number of aromatic amines is 1. The first-order valence-corrected chi connectivity index (χ1v) is 8.21. The quantitative estimate of drug-likeness (QED) is 0.781. The minimum atomic E-state index is -0.577. The highest BCUT2D eigenvalue weighted by Gasteiger charge is 2.34. The Labute approximate surface area is 142 Å². The van der Waals surface area contributed by atoms with Crippen LogP contribution in [0, 0.1) is 0 Å². The number of carbonyl (C=O) groups is 1. The first-order valence-electron chi connectivity index (χ1n) is 8.21. The fourth-order valence-corrected chi connectivity index (χ4v) is 3.13. The van der Waals surface area contributed by atoms with Gasteiger partial charge in [-0.25, -0.2) is 0 Å². The van der Waals surface area contributed by atoms with E-state index in [1.165, 1.54) is 5.56 Å². The highest BCUT2D eigenvalue weighted by molar-refractivity contribution is 5.94. The number of rotatable bonds is 5. The van der Waals surface area contributed by atoms with E-state index >= 15 is 0 Å². The van der Waals surface area contributed by atoms with E-state index in [0.717, 1.165) is 22.9 Å². The fraction of sp³-hybridized carbons (Fsp3) is 0.300. The molecule has 0 bridgehead atoms. The third-order valence-electron chi connectivity index (χ3n) is 4.63. The zero-order chi connectivity index (χ0) is 17.2. The zero-order valence-electron chi connectivity index (χ0n) is 14.4. The summed E-state index contributed by atoms with van der Waals surface area (Å²) in [5, 5.41) is 1.11. The Balaban J connectivity index is 1.77. The molecule has 3 rings (SSSR count). The maximum Gasteiger partial charge on any atom is 0.232 e. The number of nitrogens with zero attached hydrogens (tertiary/aromatic N) is 2. The van der Waals surface area contributed by atoms with Gasteiger partial charge in [-0.1, -0.05) is 18.2 Å². The van der Waals surface area contributed by atoms with Crippen LogP contribution in [0.15, 0.2) is 55.0 Å². The van der Waals surface area contributed by atoms with Crippen molar-refractivity contribution in [1.82, 2.24) is 14.9 Å². The van der Waals surface area contributed by atoms with Gasteiger partial charge in [0.25, 0.3) is 0 Å². The summed E-state index contributed by atoms with van der Waals surface area (Å²) in [6.07, 6.45) is 6.36. The van der Waals surface area contributed by atoms with Gasteiger partial charge in [0.2, 0.25) is 5.91 Å². The van der Waals surface area contributed by atoms with Crippen LogP contribution in [-0.4, -0.2) is 34.4 Å². The maximum atomic E-state index is 13.0. The number of hydrogen-bond acceptors (Lipinski definition) is 2. The Hall–Kier alpha value is -2.62. The lowest BCUT2D eigenvalue weighted by atomic mass is 9.83. The summed E-state index contributed by atoms with van der Waals surface area (Å²) in [5.41, 5.74) is 2.72. The molecule has 2 heterocycles. The molecule has 0 fully saturated rings. The largest absolute Gasteiger partial charge is 0.361 e. The summed E-state index contributed by atoms with van der Waals surface area (Å²) in [6.45, 7) is 4.68. The van der Waals surface area contributed by atoms with Crippen molar-refractivity contribution in [2.75, 3.05) is 13.6 Å². The van der Waals surface area contributed by atoms with Crippen LogP contribution in [0.25, 0.3) is 10.9 Å². The van der Waals surface area contributed by atoms with Crippen LogP contribution < -0.4 is 0 Å². The normalized spacial score (nSPS) is 11.6. The average molecular weight is 321 g/mol. The van der Waals surface area contributed by atoms with Gasteiger partial charge in [-0.05, 0) is 49.6 Å². The van der Waals surface area contributed by atoms with Crippen molar-refractivity contribution in [3.05, 3.63) is 66.1 Å². The van der Waals surface area contributed by atoms with Crippen molar-refractivity contribution in [2.24, 2.45) is 0 Å². The molecular formula is C20H23N3O. The highest BCUT2D eigenvalue weighted by atomic mass is 16.2. The highest BCUT2D eigenvalue weighted by Crippen LogP contribution is 2.31. The average Bonchev–Trinajstić information content (AvgIpc) is 3.04. The van der Waals surface area contributed by atoms with E-state index in [1.54, 1.807) is 12.4 Å². The standard InChI is InChI=1S/C20H23N3O/c1-20(2,17-14-22-18-7-5-4-6-16(17)18)19(24)23(3)13-10-15-8-11-21-12-9-15/h4-9,11-12,14,22H,10,13H2,1-3H3. The molecule has 1 N–H and O–H groups in total. The smallest absolute Gasteiger partial charge is 0.232 e. The Morgan fingerprint density at radius 3 is 2.62 bits per heavy atom. The number of fused-ring (bicyclic) bond motifs is 1. The van der Waals surface area contributed by atoms with Crippen LogP contribution in [0.3, 0.4) is 0 Å². The molecule has 0 radical (unpaired) electrons. The van der Waals surface area contributed by atoms with Gasteiger partial charge in [0.1, 0.15) is 0 Å². The summed E-state index contributed by atoms with van der Waals surface area (Å²) in [7, 11) is 1.88. The molecule has 24 heavy (non-hydrogen) atoms. The summed E-state index contributed by atoms with van der Waals surface area (Å²) in [4.78, 5) is 22.1. The van der Waals surface area contributed by atoms with Crippen molar-refractivity contribution in [1.29, 1.82) is 0 Å². The lowest BCUT2D eigenvalue weighted by Gasteiger charge is -2.29. The molecule has 2 aromatic heterocycles. The van der Waals surface area contributed by atoms with Gasteiger partial charge < -0.3 is 9.88 Å². The number of para-hydroxylation sites is 1. The molecular weight excluding hydrogens is 298 g/mol. The summed E-state index contributed by atoms with van der Waals surface area (Å²) < 4.78 is 0. The van der Waals surface area contributed by atoms with Crippen LogP contribution in [0.4, 0.5) is 0 Å². The number of carbonyl (C=O) groups excluding carboxylic acids is 1. The minimum absolute atomic E-state index is 0.126. The van der Waals surface area contributed by atoms with Gasteiger partial charge in [-0.2, -0.15) is 0 Å². The van der Waals surface area contributed by atoms with Crippen molar-refractivity contribution < 1.29 is 4.79 Å². The Morgan fingerprint density at radius 2 is 1.88 bits per heavy atom. The summed E-state index contributed by atoms with van der Waals surface area (Å²) >= 11 is 0. The van der Waals surface area contributed by atoms with Crippen LogP contribution in [0.1, 0.15) is 25.0 Å². The van der Waals surface area contributed by atoms with Crippen LogP contribution in [0.2, 0.25) is 0 Å². The molecule has 3 aromatic rings. The molecule has 0 saturated heterocycles. The van der Waals surface area contributed by atoms with Gasteiger partial charge in [0.05, 0.1) is 5.41 Å². The molecule has 0 unspecified atom stereocenters. The topological polar surface area (TPSA) is 49.0 Å². The Kier molecular flexibility index (Phi) is 4.38. The number of hydrogen-bond donors (Lipinski definition) is 1.